The van der Waals surface area contributed by atoms with E-state index >= 15 is 0 Å². The first-order valence-electron chi connectivity index (χ1n) is 7.37. The van der Waals surface area contributed by atoms with Gasteiger partial charge < -0.3 is 10.3 Å². The summed E-state index contributed by atoms with van der Waals surface area (Å²) in [5.41, 5.74) is 10.7. The molecule has 1 aliphatic rings. The quantitative estimate of drug-likeness (QED) is 0.930. The van der Waals surface area contributed by atoms with Gasteiger partial charge in [-0.15, -0.1) is 0 Å². The molecule has 106 valence electrons. The van der Waals surface area contributed by atoms with Gasteiger partial charge in [-0.3, -0.25) is 4.98 Å². The first-order chi connectivity index (χ1) is 9.55. The molecule has 20 heavy (non-hydrogen) atoms. The maximum absolute atomic E-state index is 6.32. The molecular weight excluding hydrogens is 246 g/mol. The van der Waals surface area contributed by atoms with E-state index < -0.39 is 0 Å². The second-order valence-electron chi connectivity index (χ2n) is 6.67. The third kappa shape index (κ3) is 2.63. The van der Waals surface area contributed by atoms with Crippen molar-refractivity contribution >= 4 is 0 Å². The first-order valence-corrected chi connectivity index (χ1v) is 7.37. The molecule has 0 radical (unpaired) electrons. The van der Waals surface area contributed by atoms with Crippen LogP contribution in [-0.4, -0.2) is 9.55 Å². The molecule has 2 aromatic rings. The molecule has 0 aliphatic heterocycles. The van der Waals surface area contributed by atoms with Crippen LogP contribution in [0.2, 0.25) is 0 Å². The fraction of sp³-hybridized carbons (Fsp3) is 0.471. The molecular formula is C17H23N3. The van der Waals surface area contributed by atoms with Crippen LogP contribution in [0.25, 0.3) is 0 Å². The molecule has 1 atom stereocenters. The molecule has 0 bridgehead atoms. The third-order valence-electron chi connectivity index (χ3n) is 4.32. The zero-order valence-electron chi connectivity index (χ0n) is 12.3. The second kappa shape index (κ2) is 5.06. The van der Waals surface area contributed by atoms with Crippen LogP contribution in [0.15, 0.2) is 36.8 Å². The maximum atomic E-state index is 6.32. The fourth-order valence-electron chi connectivity index (χ4n) is 3.30. The van der Waals surface area contributed by atoms with Crippen LogP contribution in [0.4, 0.5) is 0 Å². The van der Waals surface area contributed by atoms with Gasteiger partial charge >= 0.3 is 0 Å². The fourth-order valence-corrected chi connectivity index (χ4v) is 3.30. The van der Waals surface area contributed by atoms with Crippen LogP contribution in [0.3, 0.4) is 0 Å². The van der Waals surface area contributed by atoms with Crippen molar-refractivity contribution in [3.8, 4) is 0 Å². The highest BCUT2D eigenvalue weighted by atomic mass is 15.0. The minimum absolute atomic E-state index is 0.191. The number of nitrogens with zero attached hydrogens (tertiary/aromatic N) is 2. The van der Waals surface area contributed by atoms with Gasteiger partial charge in [0, 0.05) is 36.9 Å². The number of nitrogens with two attached hydrogens (primary N) is 1. The van der Waals surface area contributed by atoms with Gasteiger partial charge in [0.2, 0.25) is 0 Å². The van der Waals surface area contributed by atoms with Crippen molar-refractivity contribution in [1.29, 1.82) is 0 Å². The Labute approximate surface area is 120 Å². The Hall–Kier alpha value is -1.61. The third-order valence-corrected chi connectivity index (χ3v) is 4.32. The lowest BCUT2D eigenvalue weighted by molar-refractivity contribution is 0.275. The molecule has 0 fully saturated rings. The average Bonchev–Trinajstić information content (AvgIpc) is 2.79. The number of fused-ring (bicyclic) bond motifs is 1. The highest BCUT2D eigenvalue weighted by molar-refractivity contribution is 5.30. The Morgan fingerprint density at radius 2 is 2.05 bits per heavy atom. The van der Waals surface area contributed by atoms with E-state index in [-0.39, 0.29) is 6.04 Å². The number of aryl methyl sites for hydroxylation is 2. The lowest BCUT2D eigenvalue weighted by atomic mass is 9.74. The Morgan fingerprint density at radius 3 is 2.80 bits per heavy atom. The van der Waals surface area contributed by atoms with E-state index in [1.807, 2.05) is 12.4 Å². The molecule has 3 nitrogen and oxygen atoms in total. The largest absolute Gasteiger partial charge is 0.351 e. The number of rotatable bonds is 3. The molecule has 1 unspecified atom stereocenters. The second-order valence-corrected chi connectivity index (χ2v) is 6.67. The summed E-state index contributed by atoms with van der Waals surface area (Å²) in [5.74, 6) is 0. The topological polar surface area (TPSA) is 43.8 Å². The summed E-state index contributed by atoms with van der Waals surface area (Å²) in [5, 5.41) is 0. The molecule has 2 N–H and O–H groups in total. The van der Waals surface area contributed by atoms with Gasteiger partial charge in [0.25, 0.3) is 0 Å². The van der Waals surface area contributed by atoms with Gasteiger partial charge in [0.05, 0.1) is 0 Å². The summed E-state index contributed by atoms with van der Waals surface area (Å²) < 4.78 is 2.39. The van der Waals surface area contributed by atoms with Crippen molar-refractivity contribution in [2.75, 3.05) is 0 Å². The smallest absolute Gasteiger partial charge is 0.0318 e. The summed E-state index contributed by atoms with van der Waals surface area (Å²) in [6, 6.07) is 6.58. The minimum Gasteiger partial charge on any atom is -0.351 e. The maximum Gasteiger partial charge on any atom is 0.0318 e. The zero-order chi connectivity index (χ0) is 14.2. The molecule has 2 aromatic heterocycles. The van der Waals surface area contributed by atoms with Crippen molar-refractivity contribution in [2.45, 2.75) is 45.7 Å². The standard InChI is InChI=1S/C17H23N3/c1-17(2)11-15(18)14-6-10-20(16(14)12-17)9-5-13-3-7-19-8-4-13/h3-4,6-8,10,15H,5,9,11-12,18H2,1-2H3. The van der Waals surface area contributed by atoms with Crippen molar-refractivity contribution in [1.82, 2.24) is 9.55 Å². The number of pyridine rings is 1. The lowest BCUT2D eigenvalue weighted by Gasteiger charge is -2.34. The number of hydrogen-bond acceptors (Lipinski definition) is 2. The molecule has 0 amide bonds. The number of aromatic nitrogens is 2. The van der Waals surface area contributed by atoms with Crippen molar-refractivity contribution < 1.29 is 0 Å². The molecule has 2 heterocycles. The van der Waals surface area contributed by atoms with E-state index in [1.54, 1.807) is 0 Å². The van der Waals surface area contributed by atoms with Crippen molar-refractivity contribution in [3.63, 3.8) is 0 Å². The molecule has 1 aliphatic carbocycles. The Bertz CT molecular complexity index is 584. The molecule has 3 rings (SSSR count). The highest BCUT2D eigenvalue weighted by Gasteiger charge is 2.32. The van der Waals surface area contributed by atoms with Crippen LogP contribution in [-0.2, 0) is 19.4 Å². The summed E-state index contributed by atoms with van der Waals surface area (Å²) in [4.78, 5) is 4.07. The zero-order valence-corrected chi connectivity index (χ0v) is 12.3. The number of hydrogen-bond donors (Lipinski definition) is 1. The van der Waals surface area contributed by atoms with Crippen molar-refractivity contribution in [3.05, 3.63) is 53.6 Å². The van der Waals surface area contributed by atoms with E-state index in [9.17, 15) is 0 Å². The van der Waals surface area contributed by atoms with Gasteiger partial charge in [-0.2, -0.15) is 0 Å². The van der Waals surface area contributed by atoms with Crippen LogP contribution in [0.5, 0.6) is 0 Å². The van der Waals surface area contributed by atoms with E-state index in [0.717, 1.165) is 25.8 Å². The molecule has 0 aromatic carbocycles. The first kappa shape index (κ1) is 13.4. The normalized spacial score (nSPS) is 20.6. The predicted molar refractivity (Wildman–Crippen MR) is 81.4 cm³/mol. The predicted octanol–water partition coefficient (Wildman–Crippen LogP) is 3.10. The molecule has 0 saturated heterocycles. The summed E-state index contributed by atoms with van der Waals surface area (Å²) in [6.45, 7) is 5.65. The van der Waals surface area contributed by atoms with Crippen LogP contribution < -0.4 is 5.73 Å². The summed E-state index contributed by atoms with van der Waals surface area (Å²) in [7, 11) is 0. The van der Waals surface area contributed by atoms with E-state index in [2.05, 4.69) is 47.8 Å². The summed E-state index contributed by atoms with van der Waals surface area (Å²) >= 11 is 0. The lowest BCUT2D eigenvalue weighted by Crippen LogP contribution is -2.30. The van der Waals surface area contributed by atoms with Gasteiger partial charge in [-0.05, 0) is 54.0 Å². The minimum atomic E-state index is 0.191. The Balaban J connectivity index is 1.79. The van der Waals surface area contributed by atoms with Crippen LogP contribution in [0, 0.1) is 5.41 Å². The SMILES string of the molecule is CC1(C)Cc2c(ccn2CCc2ccncc2)C(N)C1. The van der Waals surface area contributed by atoms with Gasteiger partial charge in [-0.1, -0.05) is 13.8 Å². The van der Waals surface area contributed by atoms with E-state index in [0.29, 0.717) is 5.41 Å². The summed E-state index contributed by atoms with van der Waals surface area (Å²) in [6.07, 6.45) is 9.17. The van der Waals surface area contributed by atoms with E-state index in [4.69, 9.17) is 5.73 Å². The Morgan fingerprint density at radius 1 is 1.30 bits per heavy atom. The van der Waals surface area contributed by atoms with Gasteiger partial charge in [0.1, 0.15) is 0 Å². The highest BCUT2D eigenvalue weighted by Crippen LogP contribution is 2.39. The molecule has 0 saturated carbocycles. The van der Waals surface area contributed by atoms with Crippen LogP contribution in [0.1, 0.15) is 43.1 Å². The van der Waals surface area contributed by atoms with Gasteiger partial charge in [0.15, 0.2) is 0 Å². The monoisotopic (exact) mass is 269 g/mol. The van der Waals surface area contributed by atoms with Crippen molar-refractivity contribution in [2.24, 2.45) is 11.1 Å². The van der Waals surface area contributed by atoms with E-state index in [1.165, 1.54) is 16.8 Å². The molecule has 3 heteroatoms. The molecule has 0 spiro atoms. The van der Waals surface area contributed by atoms with Crippen LogP contribution >= 0.6 is 0 Å². The van der Waals surface area contributed by atoms with Gasteiger partial charge in [-0.25, -0.2) is 0 Å². The Kier molecular flexibility index (Phi) is 3.38. The average molecular weight is 269 g/mol.